The fourth-order valence-corrected chi connectivity index (χ4v) is 3.74. The van der Waals surface area contributed by atoms with Crippen LogP contribution in [0.5, 0.6) is 0 Å². The van der Waals surface area contributed by atoms with Gasteiger partial charge in [0.25, 0.3) is 5.91 Å². The van der Waals surface area contributed by atoms with Gasteiger partial charge in [0.2, 0.25) is 0 Å². The van der Waals surface area contributed by atoms with Gasteiger partial charge in [0.05, 0.1) is 11.3 Å². The Balaban J connectivity index is 1.56. The maximum absolute atomic E-state index is 12.5. The standard InChI is InChI=1S/C16H26N4O2/c1-4-20-10-13(11(2)18-20)16(21)17-15-12-8-14(15)19(9-12)6-5-7-22-3/h10,12,14-15H,4-9H2,1-3H3,(H,17,21). The molecule has 6 nitrogen and oxygen atoms in total. The summed E-state index contributed by atoms with van der Waals surface area (Å²) >= 11 is 0. The Morgan fingerprint density at radius 3 is 3.05 bits per heavy atom. The van der Waals surface area contributed by atoms with Gasteiger partial charge in [-0.2, -0.15) is 5.10 Å². The summed E-state index contributed by atoms with van der Waals surface area (Å²) in [5, 5.41) is 7.58. The molecule has 1 amide bonds. The van der Waals surface area contributed by atoms with Gasteiger partial charge >= 0.3 is 0 Å². The normalized spacial score (nSPS) is 27.0. The van der Waals surface area contributed by atoms with E-state index in [2.05, 4.69) is 15.3 Å². The number of carbonyl (C=O) groups is 1. The first-order valence-corrected chi connectivity index (χ1v) is 8.22. The van der Waals surface area contributed by atoms with Crippen LogP contribution >= 0.6 is 0 Å². The highest BCUT2D eigenvalue weighted by atomic mass is 16.5. The van der Waals surface area contributed by atoms with Gasteiger partial charge in [-0.05, 0) is 32.6 Å². The quantitative estimate of drug-likeness (QED) is 0.765. The minimum Gasteiger partial charge on any atom is -0.385 e. The van der Waals surface area contributed by atoms with Crippen LogP contribution in [0.4, 0.5) is 0 Å². The number of hydrogen-bond acceptors (Lipinski definition) is 4. The minimum absolute atomic E-state index is 0.0237. The molecule has 2 bridgehead atoms. The lowest BCUT2D eigenvalue weighted by Crippen LogP contribution is -2.54. The van der Waals surface area contributed by atoms with Crippen molar-refractivity contribution in [1.82, 2.24) is 20.0 Å². The third-order valence-electron chi connectivity index (χ3n) is 5.01. The molecule has 0 spiro atoms. The van der Waals surface area contributed by atoms with Gasteiger partial charge in [-0.25, -0.2) is 0 Å². The highest BCUT2D eigenvalue weighted by molar-refractivity contribution is 5.95. The molecule has 2 aliphatic heterocycles. The molecule has 1 N–H and O–H groups in total. The smallest absolute Gasteiger partial charge is 0.255 e. The summed E-state index contributed by atoms with van der Waals surface area (Å²) in [4.78, 5) is 15.0. The van der Waals surface area contributed by atoms with Crippen molar-refractivity contribution in [1.29, 1.82) is 0 Å². The molecular weight excluding hydrogens is 280 g/mol. The summed E-state index contributed by atoms with van der Waals surface area (Å²) in [5.41, 5.74) is 1.52. The molecule has 3 aliphatic rings. The van der Waals surface area contributed by atoms with E-state index in [4.69, 9.17) is 4.74 Å². The van der Waals surface area contributed by atoms with Gasteiger partial charge < -0.3 is 10.1 Å². The van der Waals surface area contributed by atoms with Gasteiger partial charge in [-0.1, -0.05) is 0 Å². The summed E-state index contributed by atoms with van der Waals surface area (Å²) in [7, 11) is 1.74. The first-order valence-electron chi connectivity index (χ1n) is 8.22. The third kappa shape index (κ3) is 2.77. The molecular formula is C16H26N4O2. The molecule has 3 unspecified atom stereocenters. The maximum Gasteiger partial charge on any atom is 0.255 e. The third-order valence-corrected chi connectivity index (χ3v) is 5.01. The molecule has 3 heterocycles. The fraction of sp³-hybridized carbons (Fsp3) is 0.750. The highest BCUT2D eigenvalue weighted by Crippen LogP contribution is 2.41. The molecule has 1 aliphatic carbocycles. The molecule has 0 radical (unpaired) electrons. The highest BCUT2D eigenvalue weighted by Gasteiger charge is 2.52. The van der Waals surface area contributed by atoms with E-state index in [-0.39, 0.29) is 5.91 Å². The van der Waals surface area contributed by atoms with Crippen LogP contribution in [0, 0.1) is 12.8 Å². The number of amides is 1. The molecule has 2 saturated heterocycles. The second kappa shape index (κ2) is 6.38. The Morgan fingerprint density at radius 1 is 1.55 bits per heavy atom. The van der Waals surface area contributed by atoms with Crippen LogP contribution < -0.4 is 5.32 Å². The molecule has 22 heavy (non-hydrogen) atoms. The van der Waals surface area contributed by atoms with Crippen LogP contribution in [-0.2, 0) is 11.3 Å². The average molecular weight is 306 g/mol. The molecule has 1 saturated carbocycles. The Labute approximate surface area is 131 Å². The van der Waals surface area contributed by atoms with E-state index in [0.717, 1.165) is 38.4 Å². The van der Waals surface area contributed by atoms with E-state index in [1.54, 1.807) is 7.11 Å². The van der Waals surface area contributed by atoms with Crippen molar-refractivity contribution in [3.05, 3.63) is 17.5 Å². The molecule has 1 aromatic rings. The number of nitrogens with one attached hydrogen (secondary N) is 1. The molecule has 6 heteroatoms. The number of carbonyl (C=O) groups excluding carboxylic acids is 1. The van der Waals surface area contributed by atoms with E-state index in [9.17, 15) is 4.79 Å². The zero-order valence-corrected chi connectivity index (χ0v) is 13.7. The predicted molar refractivity (Wildman–Crippen MR) is 83.9 cm³/mol. The average Bonchev–Trinajstić information content (AvgIpc) is 3.17. The number of aryl methyl sites for hydroxylation is 2. The van der Waals surface area contributed by atoms with Crippen molar-refractivity contribution >= 4 is 5.91 Å². The number of aromatic nitrogens is 2. The topological polar surface area (TPSA) is 59.4 Å². The van der Waals surface area contributed by atoms with Crippen LogP contribution in [0.2, 0.25) is 0 Å². The van der Waals surface area contributed by atoms with Crippen LogP contribution in [0.15, 0.2) is 6.20 Å². The lowest BCUT2D eigenvalue weighted by atomic mass is 9.80. The first kappa shape index (κ1) is 15.5. The molecule has 122 valence electrons. The minimum atomic E-state index is 0.0237. The Bertz CT molecular complexity index is 542. The number of fused-ring (bicyclic) bond motifs is 1. The summed E-state index contributed by atoms with van der Waals surface area (Å²) in [6, 6.07) is 0.812. The number of hydrogen-bond donors (Lipinski definition) is 1. The predicted octanol–water partition coefficient (Wildman–Crippen LogP) is 1.05. The largest absolute Gasteiger partial charge is 0.385 e. The monoisotopic (exact) mass is 306 g/mol. The molecule has 4 rings (SSSR count). The summed E-state index contributed by atoms with van der Waals surface area (Å²) < 4.78 is 6.94. The van der Waals surface area contributed by atoms with E-state index in [0.29, 0.717) is 23.6 Å². The second-order valence-electron chi connectivity index (χ2n) is 6.39. The van der Waals surface area contributed by atoms with E-state index >= 15 is 0 Å². The summed E-state index contributed by atoms with van der Waals surface area (Å²) in [6.45, 7) is 7.68. The lowest BCUT2D eigenvalue weighted by Gasteiger charge is -2.37. The molecule has 3 fully saturated rings. The van der Waals surface area contributed by atoms with Gasteiger partial charge in [-0.3, -0.25) is 14.4 Å². The van der Waals surface area contributed by atoms with Crippen LogP contribution in [0.25, 0.3) is 0 Å². The van der Waals surface area contributed by atoms with Crippen molar-refractivity contribution in [3.63, 3.8) is 0 Å². The Morgan fingerprint density at radius 2 is 2.36 bits per heavy atom. The Hall–Kier alpha value is -1.40. The summed E-state index contributed by atoms with van der Waals surface area (Å²) in [6.07, 6.45) is 4.12. The first-order chi connectivity index (χ1) is 10.6. The van der Waals surface area contributed by atoms with Gasteiger partial charge in [0, 0.05) is 51.6 Å². The SMILES string of the molecule is CCn1cc(C(=O)NC2C3CC2N(CCCOC)C3)c(C)n1. The molecule has 3 atom stereocenters. The molecule has 1 aromatic heterocycles. The van der Waals surface area contributed by atoms with Crippen LogP contribution in [-0.4, -0.2) is 59.5 Å². The fourth-order valence-electron chi connectivity index (χ4n) is 3.74. The van der Waals surface area contributed by atoms with Crippen molar-refractivity contribution in [2.75, 3.05) is 26.8 Å². The number of ether oxygens (including phenoxy) is 1. The van der Waals surface area contributed by atoms with Crippen molar-refractivity contribution in [2.24, 2.45) is 5.92 Å². The van der Waals surface area contributed by atoms with Gasteiger partial charge in [0.1, 0.15) is 0 Å². The lowest BCUT2D eigenvalue weighted by molar-refractivity contribution is 0.0863. The number of nitrogens with zero attached hydrogens (tertiary/aromatic N) is 3. The van der Waals surface area contributed by atoms with Gasteiger partial charge in [0.15, 0.2) is 0 Å². The molecule has 0 aromatic carbocycles. The summed E-state index contributed by atoms with van der Waals surface area (Å²) in [5.74, 6) is 0.633. The van der Waals surface area contributed by atoms with Crippen LogP contribution in [0.1, 0.15) is 35.8 Å². The number of methoxy groups -OCH3 is 1. The van der Waals surface area contributed by atoms with Crippen LogP contribution in [0.3, 0.4) is 0 Å². The van der Waals surface area contributed by atoms with Crippen molar-refractivity contribution in [2.45, 2.75) is 45.3 Å². The van der Waals surface area contributed by atoms with E-state index < -0.39 is 0 Å². The van der Waals surface area contributed by atoms with Crippen molar-refractivity contribution in [3.8, 4) is 0 Å². The zero-order valence-electron chi connectivity index (χ0n) is 13.7. The maximum atomic E-state index is 12.5. The Kier molecular flexibility index (Phi) is 4.49. The van der Waals surface area contributed by atoms with E-state index in [1.807, 2.05) is 24.7 Å². The number of rotatable bonds is 7. The zero-order chi connectivity index (χ0) is 15.7. The second-order valence-corrected chi connectivity index (χ2v) is 6.39. The van der Waals surface area contributed by atoms with Gasteiger partial charge in [-0.15, -0.1) is 0 Å². The van der Waals surface area contributed by atoms with E-state index in [1.165, 1.54) is 6.42 Å². The van der Waals surface area contributed by atoms with Crippen molar-refractivity contribution < 1.29 is 9.53 Å².